The van der Waals surface area contributed by atoms with Gasteiger partial charge in [0.1, 0.15) is 0 Å². The van der Waals surface area contributed by atoms with E-state index in [1.165, 1.54) is 44.8 Å². The van der Waals surface area contributed by atoms with E-state index < -0.39 is 0 Å². The van der Waals surface area contributed by atoms with Gasteiger partial charge in [-0.05, 0) is 12.1 Å². The van der Waals surface area contributed by atoms with E-state index in [-0.39, 0.29) is 26.2 Å². The van der Waals surface area contributed by atoms with Crippen molar-refractivity contribution in [2.75, 3.05) is 0 Å². The molecule has 0 bridgehead atoms. The maximum atomic E-state index is 2.99. The Balaban J connectivity index is 0.000000156. The van der Waals surface area contributed by atoms with Crippen molar-refractivity contribution in [3.05, 3.63) is 151 Å². The van der Waals surface area contributed by atoms with Crippen LogP contribution in [0.4, 0.5) is 0 Å². The SMILES string of the molecule is [C-]1=CC=CC1.[Zr+2].c1ccc(C[Si]Cc2ccccc2)cc1.c1ccc2c(c1)[cH-]c1ccccc12. The van der Waals surface area contributed by atoms with Gasteiger partial charge in [0, 0.05) is 9.52 Å². The summed E-state index contributed by atoms with van der Waals surface area (Å²) >= 11 is 0. The fraction of sp³-hybridized carbons (Fsp3) is 0.0938. The van der Waals surface area contributed by atoms with Crippen molar-refractivity contribution in [2.24, 2.45) is 0 Å². The number of hydrogen-bond acceptors (Lipinski definition) is 0. The average molecular weight is 532 g/mol. The van der Waals surface area contributed by atoms with Crippen LogP contribution in [0.25, 0.3) is 21.5 Å². The minimum atomic E-state index is 0. The van der Waals surface area contributed by atoms with Gasteiger partial charge in [-0.3, -0.25) is 6.08 Å². The van der Waals surface area contributed by atoms with E-state index in [2.05, 4.69) is 127 Å². The van der Waals surface area contributed by atoms with Crippen LogP contribution in [-0.4, -0.2) is 9.52 Å². The first kappa shape index (κ1) is 25.9. The Hall–Kier alpha value is -2.67. The fourth-order valence-electron chi connectivity index (χ4n) is 3.79. The first-order chi connectivity index (χ1) is 16.4. The summed E-state index contributed by atoms with van der Waals surface area (Å²) in [5, 5.41) is 5.39. The standard InChI is InChI=1S/C14H14Si.C13H9.C5H5.Zr/c1-3-7-13(8-4-1)11-15-12-14-9-5-2-6-10-14;1-3-7-12-10(5-1)9-11-6-2-4-8-13(11)12;1-2-4-5-3-1;/h1-10H,11-12H2;1-9H;1-3H,4H2;/q;2*-1;+2. The van der Waals surface area contributed by atoms with Gasteiger partial charge in [0.25, 0.3) is 0 Å². The van der Waals surface area contributed by atoms with Crippen molar-refractivity contribution < 1.29 is 26.2 Å². The third-order valence-corrected chi connectivity index (χ3v) is 6.77. The van der Waals surface area contributed by atoms with Crippen LogP contribution < -0.4 is 0 Å². The Morgan fingerprint density at radius 2 is 1.09 bits per heavy atom. The molecule has 0 spiro atoms. The van der Waals surface area contributed by atoms with Gasteiger partial charge in [0.05, 0.1) is 0 Å². The molecule has 2 heteroatoms. The van der Waals surface area contributed by atoms with Gasteiger partial charge in [-0.1, -0.05) is 108 Å². The minimum Gasteiger partial charge on any atom is -0.273 e. The number of hydrogen-bond donors (Lipinski definition) is 0. The van der Waals surface area contributed by atoms with Crippen LogP contribution in [0.2, 0.25) is 0 Å². The normalized spacial score (nSPS) is 11.3. The van der Waals surface area contributed by atoms with Gasteiger partial charge in [-0.25, -0.2) is 12.2 Å². The first-order valence-corrected chi connectivity index (χ1v) is 12.8. The smallest absolute Gasteiger partial charge is 0.273 e. The molecule has 1 aliphatic carbocycles. The van der Waals surface area contributed by atoms with Crippen LogP contribution in [0.15, 0.2) is 133 Å². The van der Waals surface area contributed by atoms with Crippen molar-refractivity contribution in [3.63, 3.8) is 0 Å². The van der Waals surface area contributed by atoms with Crippen LogP contribution in [-0.2, 0) is 38.3 Å². The molecule has 0 aromatic heterocycles. The van der Waals surface area contributed by atoms with Crippen molar-refractivity contribution in [3.8, 4) is 0 Å². The average Bonchev–Trinajstić information content (AvgIpc) is 3.58. The quantitative estimate of drug-likeness (QED) is 0.162. The second kappa shape index (κ2) is 14.6. The van der Waals surface area contributed by atoms with Crippen LogP contribution >= 0.6 is 0 Å². The van der Waals surface area contributed by atoms with Crippen LogP contribution in [0, 0.1) is 6.08 Å². The van der Waals surface area contributed by atoms with E-state index in [0.29, 0.717) is 0 Å². The summed E-state index contributed by atoms with van der Waals surface area (Å²) in [7, 11) is 0.987. The van der Waals surface area contributed by atoms with Crippen LogP contribution in [0.3, 0.4) is 0 Å². The zero-order chi connectivity index (χ0) is 22.6. The van der Waals surface area contributed by atoms with E-state index in [9.17, 15) is 0 Å². The van der Waals surface area contributed by atoms with Gasteiger partial charge in [0.15, 0.2) is 0 Å². The summed E-state index contributed by atoms with van der Waals surface area (Å²) in [5.74, 6) is 0. The summed E-state index contributed by atoms with van der Waals surface area (Å²) in [5.41, 5.74) is 2.90. The van der Waals surface area contributed by atoms with E-state index in [0.717, 1.165) is 15.9 Å². The molecule has 0 nitrogen and oxygen atoms in total. The molecule has 0 atom stereocenters. The molecule has 1 aliphatic rings. The minimum absolute atomic E-state index is 0. The monoisotopic (exact) mass is 530 g/mol. The molecule has 0 heterocycles. The third-order valence-electron chi connectivity index (χ3n) is 5.45. The summed E-state index contributed by atoms with van der Waals surface area (Å²) < 4.78 is 0. The zero-order valence-electron chi connectivity index (χ0n) is 19.3. The molecule has 5 aromatic carbocycles. The van der Waals surface area contributed by atoms with Crippen molar-refractivity contribution in [2.45, 2.75) is 18.5 Å². The molecule has 0 fully saturated rings. The predicted molar refractivity (Wildman–Crippen MR) is 145 cm³/mol. The maximum Gasteiger partial charge on any atom is 2.00 e. The van der Waals surface area contributed by atoms with Gasteiger partial charge >= 0.3 is 26.2 Å². The van der Waals surface area contributed by atoms with Crippen molar-refractivity contribution in [1.29, 1.82) is 0 Å². The zero-order valence-corrected chi connectivity index (χ0v) is 22.8. The summed E-state index contributed by atoms with van der Waals surface area (Å²) in [6, 6.07) is 43.1. The molecular formula is C32H28SiZr. The van der Waals surface area contributed by atoms with E-state index in [4.69, 9.17) is 0 Å². The van der Waals surface area contributed by atoms with E-state index in [1.807, 2.05) is 12.2 Å². The molecule has 0 unspecified atom stereocenters. The topological polar surface area (TPSA) is 0 Å². The molecule has 0 N–H and O–H groups in total. The second-order valence-corrected chi connectivity index (χ2v) is 9.10. The third kappa shape index (κ3) is 7.97. The molecule has 0 saturated heterocycles. The maximum absolute atomic E-state index is 2.99. The Bertz CT molecular complexity index is 1200. The van der Waals surface area contributed by atoms with Crippen molar-refractivity contribution in [1.82, 2.24) is 0 Å². The predicted octanol–water partition coefficient (Wildman–Crippen LogP) is 8.11. The Morgan fingerprint density at radius 3 is 1.50 bits per heavy atom. The van der Waals surface area contributed by atoms with Crippen LogP contribution in [0.5, 0.6) is 0 Å². The Morgan fingerprint density at radius 1 is 0.618 bits per heavy atom. The molecule has 2 radical (unpaired) electrons. The van der Waals surface area contributed by atoms with Gasteiger partial charge < -0.3 is 0 Å². The van der Waals surface area contributed by atoms with E-state index >= 15 is 0 Å². The molecule has 6 rings (SSSR count). The summed E-state index contributed by atoms with van der Waals surface area (Å²) in [4.78, 5) is 0. The first-order valence-electron chi connectivity index (χ1n) is 11.4. The van der Waals surface area contributed by atoms with Crippen molar-refractivity contribution >= 4 is 31.1 Å². The Kier molecular flexibility index (Phi) is 11.1. The van der Waals surface area contributed by atoms with Crippen LogP contribution in [0.1, 0.15) is 17.5 Å². The molecule has 5 aromatic rings. The summed E-state index contributed by atoms with van der Waals surface area (Å²) in [6.45, 7) is 0. The summed E-state index contributed by atoms with van der Waals surface area (Å²) in [6.07, 6.45) is 10.0. The molecule has 164 valence electrons. The number of fused-ring (bicyclic) bond motifs is 3. The van der Waals surface area contributed by atoms with Gasteiger partial charge in [-0.2, -0.15) is 6.08 Å². The molecule has 0 amide bonds. The second-order valence-electron chi connectivity index (χ2n) is 7.90. The van der Waals surface area contributed by atoms with E-state index in [1.54, 1.807) is 0 Å². The number of allylic oxidation sites excluding steroid dienone is 4. The number of benzene rings is 4. The molecule has 34 heavy (non-hydrogen) atoms. The number of rotatable bonds is 4. The largest absolute Gasteiger partial charge is 2.00 e. The van der Waals surface area contributed by atoms with Gasteiger partial charge in [-0.15, -0.1) is 46.2 Å². The molecule has 0 saturated carbocycles. The Labute approximate surface area is 225 Å². The molecule has 0 aliphatic heterocycles. The fourth-order valence-corrected chi connectivity index (χ4v) is 4.96. The van der Waals surface area contributed by atoms with Gasteiger partial charge in [0.2, 0.25) is 0 Å². The molecular weight excluding hydrogens is 504 g/mol.